The summed E-state index contributed by atoms with van der Waals surface area (Å²) in [6.07, 6.45) is 7.09. The number of rotatable bonds is 3. The third-order valence-electron chi connectivity index (χ3n) is 2.24. The van der Waals surface area contributed by atoms with Crippen LogP contribution in [0.4, 0.5) is 0 Å². The maximum atomic E-state index is 11.5. The molecule has 0 fully saturated rings. The molecular formula is C10H18N2O. The largest absolute Gasteiger partial charge is 0.354 e. The third-order valence-corrected chi connectivity index (χ3v) is 2.24. The van der Waals surface area contributed by atoms with Crippen molar-refractivity contribution in [1.82, 2.24) is 5.32 Å². The number of allylic oxidation sites excluding steroid dienone is 2. The van der Waals surface area contributed by atoms with Crippen LogP contribution >= 0.6 is 0 Å². The SMILES string of the molecule is CC(N)CNC(=O)C1CC=CCC1. The third kappa shape index (κ3) is 3.59. The highest BCUT2D eigenvalue weighted by molar-refractivity contribution is 5.78. The summed E-state index contributed by atoms with van der Waals surface area (Å²) in [5.41, 5.74) is 5.54. The van der Waals surface area contributed by atoms with Crippen LogP contribution in [0.3, 0.4) is 0 Å². The molecular weight excluding hydrogens is 164 g/mol. The van der Waals surface area contributed by atoms with Crippen LogP contribution in [0.2, 0.25) is 0 Å². The fourth-order valence-electron chi connectivity index (χ4n) is 1.44. The maximum absolute atomic E-state index is 11.5. The molecule has 0 saturated carbocycles. The van der Waals surface area contributed by atoms with Gasteiger partial charge in [-0.1, -0.05) is 12.2 Å². The van der Waals surface area contributed by atoms with Gasteiger partial charge in [0.15, 0.2) is 0 Å². The summed E-state index contributed by atoms with van der Waals surface area (Å²) in [6.45, 7) is 2.47. The fourth-order valence-corrected chi connectivity index (χ4v) is 1.44. The molecule has 3 heteroatoms. The molecule has 0 saturated heterocycles. The minimum absolute atomic E-state index is 0.0445. The lowest BCUT2D eigenvalue weighted by atomic mass is 9.94. The van der Waals surface area contributed by atoms with Crippen molar-refractivity contribution < 1.29 is 4.79 Å². The number of hydrogen-bond donors (Lipinski definition) is 2. The summed E-state index contributed by atoms with van der Waals surface area (Å²) in [5, 5.41) is 2.85. The second-order valence-electron chi connectivity index (χ2n) is 3.70. The van der Waals surface area contributed by atoms with Gasteiger partial charge in [-0.3, -0.25) is 4.79 Å². The average Bonchev–Trinajstić information content (AvgIpc) is 2.15. The van der Waals surface area contributed by atoms with Crippen LogP contribution in [-0.4, -0.2) is 18.5 Å². The van der Waals surface area contributed by atoms with Gasteiger partial charge in [-0.15, -0.1) is 0 Å². The highest BCUT2D eigenvalue weighted by atomic mass is 16.1. The molecule has 13 heavy (non-hydrogen) atoms. The summed E-state index contributed by atoms with van der Waals surface area (Å²) < 4.78 is 0. The van der Waals surface area contributed by atoms with Crippen LogP contribution in [0.25, 0.3) is 0 Å². The van der Waals surface area contributed by atoms with Gasteiger partial charge < -0.3 is 11.1 Å². The zero-order chi connectivity index (χ0) is 9.68. The molecule has 2 unspecified atom stereocenters. The van der Waals surface area contributed by atoms with Gasteiger partial charge in [-0.05, 0) is 26.2 Å². The number of carbonyl (C=O) groups is 1. The molecule has 2 atom stereocenters. The molecule has 0 aromatic heterocycles. The van der Waals surface area contributed by atoms with E-state index in [1.165, 1.54) is 0 Å². The first kappa shape index (κ1) is 10.3. The van der Waals surface area contributed by atoms with E-state index in [2.05, 4.69) is 17.5 Å². The van der Waals surface area contributed by atoms with Crippen molar-refractivity contribution in [3.8, 4) is 0 Å². The Balaban J connectivity index is 2.26. The minimum Gasteiger partial charge on any atom is -0.354 e. The molecule has 1 aliphatic carbocycles. The lowest BCUT2D eigenvalue weighted by Gasteiger charge is -2.17. The molecule has 1 rings (SSSR count). The van der Waals surface area contributed by atoms with Crippen molar-refractivity contribution in [1.29, 1.82) is 0 Å². The van der Waals surface area contributed by atoms with Gasteiger partial charge in [0.25, 0.3) is 0 Å². The molecule has 0 spiro atoms. The zero-order valence-corrected chi connectivity index (χ0v) is 8.12. The highest BCUT2D eigenvalue weighted by Gasteiger charge is 2.17. The van der Waals surface area contributed by atoms with Crippen LogP contribution in [-0.2, 0) is 4.79 Å². The number of nitrogens with one attached hydrogen (secondary N) is 1. The predicted molar refractivity (Wildman–Crippen MR) is 53.1 cm³/mol. The van der Waals surface area contributed by atoms with E-state index in [1.807, 2.05) is 6.92 Å². The Kier molecular flexibility index (Phi) is 3.96. The molecule has 1 aliphatic rings. The molecule has 0 heterocycles. The van der Waals surface area contributed by atoms with E-state index in [4.69, 9.17) is 5.73 Å². The van der Waals surface area contributed by atoms with Crippen molar-refractivity contribution in [2.45, 2.75) is 32.2 Å². The molecule has 3 N–H and O–H groups in total. The molecule has 0 aromatic rings. The molecule has 0 aliphatic heterocycles. The van der Waals surface area contributed by atoms with Crippen LogP contribution < -0.4 is 11.1 Å². The van der Waals surface area contributed by atoms with E-state index < -0.39 is 0 Å². The molecule has 74 valence electrons. The normalized spacial score (nSPS) is 24.0. The monoisotopic (exact) mass is 182 g/mol. The second-order valence-corrected chi connectivity index (χ2v) is 3.70. The van der Waals surface area contributed by atoms with E-state index in [9.17, 15) is 4.79 Å². The van der Waals surface area contributed by atoms with Gasteiger partial charge in [-0.2, -0.15) is 0 Å². The Labute approximate surface area is 79.4 Å². The van der Waals surface area contributed by atoms with Crippen molar-refractivity contribution in [3.63, 3.8) is 0 Å². The number of amides is 1. The average molecular weight is 182 g/mol. The van der Waals surface area contributed by atoms with Crippen molar-refractivity contribution in [2.24, 2.45) is 11.7 Å². The van der Waals surface area contributed by atoms with Gasteiger partial charge in [0.1, 0.15) is 0 Å². The minimum atomic E-state index is 0.0445. The van der Waals surface area contributed by atoms with E-state index in [0.717, 1.165) is 19.3 Å². The van der Waals surface area contributed by atoms with Gasteiger partial charge >= 0.3 is 0 Å². The zero-order valence-electron chi connectivity index (χ0n) is 8.12. The number of carbonyl (C=O) groups excluding carboxylic acids is 1. The van der Waals surface area contributed by atoms with Crippen molar-refractivity contribution in [3.05, 3.63) is 12.2 Å². The lowest BCUT2D eigenvalue weighted by molar-refractivity contribution is -0.125. The topological polar surface area (TPSA) is 55.1 Å². The van der Waals surface area contributed by atoms with E-state index >= 15 is 0 Å². The number of hydrogen-bond acceptors (Lipinski definition) is 2. The maximum Gasteiger partial charge on any atom is 0.223 e. The van der Waals surface area contributed by atoms with Crippen LogP contribution in [0.1, 0.15) is 26.2 Å². The first-order valence-corrected chi connectivity index (χ1v) is 4.88. The first-order chi connectivity index (χ1) is 6.20. The molecule has 0 aromatic carbocycles. The molecule has 0 radical (unpaired) electrons. The Hall–Kier alpha value is -0.830. The van der Waals surface area contributed by atoms with Gasteiger partial charge in [0.2, 0.25) is 5.91 Å². The lowest BCUT2D eigenvalue weighted by Crippen LogP contribution is -2.38. The van der Waals surface area contributed by atoms with Crippen LogP contribution in [0.15, 0.2) is 12.2 Å². The van der Waals surface area contributed by atoms with Gasteiger partial charge in [0, 0.05) is 18.5 Å². The molecule has 0 bridgehead atoms. The van der Waals surface area contributed by atoms with Crippen molar-refractivity contribution >= 4 is 5.91 Å². The second kappa shape index (κ2) is 5.02. The summed E-state index contributed by atoms with van der Waals surface area (Å²) in [4.78, 5) is 11.5. The summed E-state index contributed by atoms with van der Waals surface area (Å²) in [6, 6.07) is 0.0445. The Bertz CT molecular complexity index is 199. The quantitative estimate of drug-likeness (QED) is 0.634. The van der Waals surface area contributed by atoms with E-state index in [1.54, 1.807) is 0 Å². The fraction of sp³-hybridized carbons (Fsp3) is 0.700. The Morgan fingerprint density at radius 1 is 1.69 bits per heavy atom. The summed E-state index contributed by atoms with van der Waals surface area (Å²) >= 11 is 0. The smallest absolute Gasteiger partial charge is 0.223 e. The van der Waals surface area contributed by atoms with E-state index in [-0.39, 0.29) is 17.9 Å². The molecule has 1 amide bonds. The van der Waals surface area contributed by atoms with Gasteiger partial charge in [0.05, 0.1) is 0 Å². The van der Waals surface area contributed by atoms with Crippen LogP contribution in [0.5, 0.6) is 0 Å². The van der Waals surface area contributed by atoms with Crippen molar-refractivity contribution in [2.75, 3.05) is 6.54 Å². The summed E-state index contributed by atoms with van der Waals surface area (Å²) in [5.74, 6) is 0.324. The summed E-state index contributed by atoms with van der Waals surface area (Å²) in [7, 11) is 0. The highest BCUT2D eigenvalue weighted by Crippen LogP contribution is 2.17. The Morgan fingerprint density at radius 3 is 3.00 bits per heavy atom. The van der Waals surface area contributed by atoms with E-state index in [0.29, 0.717) is 6.54 Å². The molecule has 3 nitrogen and oxygen atoms in total. The first-order valence-electron chi connectivity index (χ1n) is 4.88. The van der Waals surface area contributed by atoms with Crippen LogP contribution in [0, 0.1) is 5.92 Å². The van der Waals surface area contributed by atoms with Gasteiger partial charge in [-0.25, -0.2) is 0 Å². The standard InChI is InChI=1S/C10H18N2O/c1-8(11)7-12-10(13)9-5-3-2-4-6-9/h2-3,8-9H,4-7,11H2,1H3,(H,12,13). The Morgan fingerprint density at radius 2 is 2.46 bits per heavy atom. The number of nitrogens with two attached hydrogens (primary N) is 1. The predicted octanol–water partition coefficient (Wildman–Crippen LogP) is 0.806.